The minimum Gasteiger partial charge on any atom is -0.331 e. The molecule has 0 fully saturated rings. The van der Waals surface area contributed by atoms with Crippen molar-refractivity contribution in [3.63, 3.8) is 0 Å². The van der Waals surface area contributed by atoms with Crippen LogP contribution in [0.5, 0.6) is 0 Å². The van der Waals surface area contributed by atoms with Crippen molar-refractivity contribution in [2.75, 3.05) is 10.6 Å². The first-order chi connectivity index (χ1) is 13.5. The highest BCUT2D eigenvalue weighted by molar-refractivity contribution is 7.14. The van der Waals surface area contributed by atoms with Gasteiger partial charge in [-0.05, 0) is 48.9 Å². The number of nitrogens with one attached hydrogen (secondary N) is 2. The van der Waals surface area contributed by atoms with Gasteiger partial charge in [0.15, 0.2) is 10.9 Å². The Kier molecular flexibility index (Phi) is 5.63. The summed E-state index contributed by atoms with van der Waals surface area (Å²) in [4.78, 5) is 28.4. The molecule has 0 aliphatic rings. The quantitative estimate of drug-likeness (QED) is 0.481. The minimum absolute atomic E-state index is 0.134. The largest absolute Gasteiger partial charge is 0.331 e. The van der Waals surface area contributed by atoms with E-state index in [0.29, 0.717) is 27.6 Å². The van der Waals surface area contributed by atoms with Crippen LogP contribution in [0, 0.1) is 18.3 Å². The van der Waals surface area contributed by atoms with Gasteiger partial charge in [0.1, 0.15) is 5.82 Å². The van der Waals surface area contributed by atoms with E-state index in [0.717, 1.165) is 11.3 Å². The first-order valence-electron chi connectivity index (χ1n) is 8.31. The van der Waals surface area contributed by atoms with Crippen molar-refractivity contribution in [3.8, 4) is 6.07 Å². The molecule has 0 aliphatic heterocycles. The Balaban J connectivity index is 1.81. The number of nitriles is 1. The maximum absolute atomic E-state index is 12.7. The molecule has 0 atom stereocenters. The van der Waals surface area contributed by atoms with E-state index in [9.17, 15) is 9.59 Å². The van der Waals surface area contributed by atoms with Gasteiger partial charge in [0.25, 0.3) is 0 Å². The highest BCUT2D eigenvalue weighted by Gasteiger charge is 2.12. The number of carbonyl (C=O) groups excluding carboxylic acids is 2. The summed E-state index contributed by atoms with van der Waals surface area (Å²) >= 11 is 1.33. The molecule has 0 saturated carbocycles. The molecule has 138 valence electrons. The number of amides is 1. The van der Waals surface area contributed by atoms with Crippen LogP contribution in [0.25, 0.3) is 0 Å². The van der Waals surface area contributed by atoms with E-state index >= 15 is 0 Å². The van der Waals surface area contributed by atoms with Crippen molar-refractivity contribution in [1.29, 1.82) is 5.26 Å². The van der Waals surface area contributed by atoms with Gasteiger partial charge in [-0.25, -0.2) is 4.98 Å². The molecule has 0 saturated heterocycles. The van der Waals surface area contributed by atoms with Crippen LogP contribution < -0.4 is 10.6 Å². The number of anilines is 3. The molecular weight excluding hydrogens is 372 g/mol. The fourth-order valence-corrected chi connectivity index (χ4v) is 3.10. The summed E-state index contributed by atoms with van der Waals surface area (Å²) in [5.41, 5.74) is 3.23. The summed E-state index contributed by atoms with van der Waals surface area (Å²) in [5.74, 6) is -0.0338. The number of rotatable bonds is 6. The zero-order valence-electron chi connectivity index (χ0n) is 15.0. The lowest BCUT2D eigenvalue weighted by atomic mass is 10.0. The van der Waals surface area contributed by atoms with Crippen LogP contribution >= 0.6 is 11.3 Å². The molecular formula is C21H16N4O2S. The van der Waals surface area contributed by atoms with Gasteiger partial charge in [0.05, 0.1) is 11.6 Å². The van der Waals surface area contributed by atoms with Crippen molar-refractivity contribution in [2.24, 2.45) is 0 Å². The lowest BCUT2D eigenvalue weighted by Crippen LogP contribution is -2.07. The van der Waals surface area contributed by atoms with Crippen molar-refractivity contribution in [1.82, 2.24) is 4.98 Å². The third-order valence-electron chi connectivity index (χ3n) is 3.96. The predicted molar refractivity (Wildman–Crippen MR) is 110 cm³/mol. The molecule has 3 aromatic rings. The van der Waals surface area contributed by atoms with Gasteiger partial charge in [0, 0.05) is 22.2 Å². The highest BCUT2D eigenvalue weighted by Crippen LogP contribution is 2.27. The van der Waals surface area contributed by atoms with Crippen molar-refractivity contribution >= 4 is 39.7 Å². The Hall–Kier alpha value is -3.76. The van der Waals surface area contributed by atoms with Gasteiger partial charge in [-0.2, -0.15) is 5.26 Å². The number of carbonyl (C=O) groups is 2. The van der Waals surface area contributed by atoms with Crippen molar-refractivity contribution in [3.05, 3.63) is 82.8 Å². The third kappa shape index (κ3) is 4.31. The van der Waals surface area contributed by atoms with Crippen LogP contribution in [0.2, 0.25) is 0 Å². The second-order valence-electron chi connectivity index (χ2n) is 5.90. The topological polar surface area (TPSA) is 94.9 Å². The molecule has 0 spiro atoms. The maximum atomic E-state index is 12.7. The molecule has 2 N–H and O–H groups in total. The van der Waals surface area contributed by atoms with E-state index in [1.807, 2.05) is 19.1 Å². The van der Waals surface area contributed by atoms with Crippen molar-refractivity contribution < 1.29 is 9.59 Å². The number of aryl methyl sites for hydroxylation is 1. The van der Waals surface area contributed by atoms with Crippen LogP contribution in [0.15, 0.2) is 60.5 Å². The average Bonchev–Trinajstić information content (AvgIpc) is 3.15. The molecule has 1 amide bonds. The van der Waals surface area contributed by atoms with Crippen LogP contribution in [0.3, 0.4) is 0 Å². The summed E-state index contributed by atoms with van der Waals surface area (Å²) in [6.07, 6.45) is 1.18. The lowest BCUT2D eigenvalue weighted by molar-refractivity contribution is -0.111. The maximum Gasteiger partial charge on any atom is 0.248 e. The van der Waals surface area contributed by atoms with Crippen LogP contribution in [0.1, 0.15) is 27.0 Å². The summed E-state index contributed by atoms with van der Waals surface area (Å²) in [6, 6.07) is 13.9. The van der Waals surface area contributed by atoms with E-state index < -0.39 is 0 Å². The molecule has 1 heterocycles. The van der Waals surface area contributed by atoms with Gasteiger partial charge >= 0.3 is 0 Å². The third-order valence-corrected chi connectivity index (χ3v) is 4.72. The second-order valence-corrected chi connectivity index (χ2v) is 6.76. The minimum atomic E-state index is -0.331. The SMILES string of the molecule is C=CC(=O)Nc1csc(Nc2cc(C(=O)c3ccc(C#N)cc3)ccc2C)n1. The van der Waals surface area contributed by atoms with Crippen LogP contribution in [-0.4, -0.2) is 16.7 Å². The molecule has 1 aromatic heterocycles. The predicted octanol–water partition coefficient (Wildman–Crippen LogP) is 4.42. The number of hydrogen-bond acceptors (Lipinski definition) is 6. The Morgan fingerprint density at radius 2 is 1.89 bits per heavy atom. The molecule has 7 heteroatoms. The number of aromatic nitrogens is 1. The monoisotopic (exact) mass is 388 g/mol. The molecule has 28 heavy (non-hydrogen) atoms. The number of thiazole rings is 1. The van der Waals surface area contributed by atoms with Crippen LogP contribution in [-0.2, 0) is 4.79 Å². The molecule has 6 nitrogen and oxygen atoms in total. The second kappa shape index (κ2) is 8.29. The standard InChI is InChI=1S/C21H16N4O2S/c1-3-19(26)24-18-12-28-21(25-18)23-17-10-16(7-4-13(17)2)20(27)15-8-5-14(11-22)6-9-15/h3-10,12H,1H2,2H3,(H,23,25)(H,24,26). The number of ketones is 1. The molecule has 0 unspecified atom stereocenters. The van der Waals surface area contributed by atoms with Gasteiger partial charge in [-0.3, -0.25) is 9.59 Å². The Labute approximate surface area is 166 Å². The Morgan fingerprint density at radius 1 is 1.18 bits per heavy atom. The van der Waals surface area contributed by atoms with E-state index in [4.69, 9.17) is 5.26 Å². The van der Waals surface area contributed by atoms with E-state index in [-0.39, 0.29) is 11.7 Å². The summed E-state index contributed by atoms with van der Waals surface area (Å²) in [5, 5.41) is 17.0. The zero-order chi connectivity index (χ0) is 20.1. The highest BCUT2D eigenvalue weighted by atomic mass is 32.1. The van der Waals surface area contributed by atoms with Gasteiger partial charge < -0.3 is 10.6 Å². The van der Waals surface area contributed by atoms with E-state index in [2.05, 4.69) is 22.2 Å². The first kappa shape index (κ1) is 19.0. The molecule has 3 rings (SSSR count). The smallest absolute Gasteiger partial charge is 0.248 e. The normalized spacial score (nSPS) is 10.0. The van der Waals surface area contributed by atoms with Crippen molar-refractivity contribution in [2.45, 2.75) is 6.92 Å². The average molecular weight is 388 g/mol. The van der Waals surface area contributed by atoms with E-state index in [1.165, 1.54) is 17.4 Å². The molecule has 0 aliphatic carbocycles. The van der Waals surface area contributed by atoms with Crippen LogP contribution in [0.4, 0.5) is 16.6 Å². The number of nitrogens with zero attached hydrogens (tertiary/aromatic N) is 2. The fourth-order valence-electron chi connectivity index (χ4n) is 2.44. The van der Waals surface area contributed by atoms with E-state index in [1.54, 1.807) is 41.8 Å². The molecule has 0 bridgehead atoms. The Bertz CT molecular complexity index is 1090. The first-order valence-corrected chi connectivity index (χ1v) is 9.19. The summed E-state index contributed by atoms with van der Waals surface area (Å²) in [6.45, 7) is 5.33. The number of benzene rings is 2. The lowest BCUT2D eigenvalue weighted by Gasteiger charge is -2.09. The van der Waals surface area contributed by atoms with Gasteiger partial charge in [-0.1, -0.05) is 18.7 Å². The van der Waals surface area contributed by atoms with Gasteiger partial charge in [-0.15, -0.1) is 11.3 Å². The van der Waals surface area contributed by atoms with Gasteiger partial charge in [0.2, 0.25) is 5.91 Å². The molecule has 2 aromatic carbocycles. The summed E-state index contributed by atoms with van der Waals surface area (Å²) < 4.78 is 0. The summed E-state index contributed by atoms with van der Waals surface area (Å²) in [7, 11) is 0. The zero-order valence-corrected chi connectivity index (χ0v) is 15.8. The number of hydrogen-bond donors (Lipinski definition) is 2. The molecule has 0 radical (unpaired) electrons. The Morgan fingerprint density at radius 3 is 2.57 bits per heavy atom. The fraction of sp³-hybridized carbons (Fsp3) is 0.0476.